The lowest BCUT2D eigenvalue weighted by Crippen LogP contribution is -2.37. The van der Waals surface area contributed by atoms with Crippen LogP contribution in [-0.2, 0) is 0 Å². The zero-order valence-electron chi connectivity index (χ0n) is 7.65. The monoisotopic (exact) mass is 154 g/mol. The first kappa shape index (κ1) is 10.5. The second-order valence-corrected chi connectivity index (χ2v) is 4.04. The summed E-state index contributed by atoms with van der Waals surface area (Å²) in [7, 11) is 0. The van der Waals surface area contributed by atoms with Crippen molar-refractivity contribution in [1.82, 2.24) is 5.43 Å². The predicted molar refractivity (Wildman–Crippen MR) is 48.6 cm³/mol. The standard InChI is InChI=1S/C9H18N2/c1-5-6-8(11-10)7-9(2,3)4/h1,8,11H,6-7,10H2,2-4H3. The molecule has 0 rings (SSSR count). The zero-order chi connectivity index (χ0) is 8.91. The summed E-state index contributed by atoms with van der Waals surface area (Å²) in [6.07, 6.45) is 6.89. The van der Waals surface area contributed by atoms with Crippen molar-refractivity contribution in [2.45, 2.75) is 39.7 Å². The van der Waals surface area contributed by atoms with E-state index in [0.717, 1.165) is 6.42 Å². The quantitative estimate of drug-likeness (QED) is 0.365. The molecule has 0 aliphatic heterocycles. The third kappa shape index (κ3) is 5.90. The van der Waals surface area contributed by atoms with Crippen LogP contribution in [0.25, 0.3) is 0 Å². The van der Waals surface area contributed by atoms with Crippen LogP contribution in [0, 0.1) is 17.8 Å². The summed E-state index contributed by atoms with van der Waals surface area (Å²) in [5, 5.41) is 0. The van der Waals surface area contributed by atoms with Crippen LogP contribution in [-0.4, -0.2) is 6.04 Å². The van der Waals surface area contributed by atoms with Crippen LogP contribution < -0.4 is 11.3 Å². The summed E-state index contributed by atoms with van der Waals surface area (Å²) in [6.45, 7) is 6.52. The fraction of sp³-hybridized carbons (Fsp3) is 0.778. The normalized spacial score (nSPS) is 14.1. The topological polar surface area (TPSA) is 38.0 Å². The van der Waals surface area contributed by atoms with Crippen molar-refractivity contribution in [3.8, 4) is 12.3 Å². The van der Waals surface area contributed by atoms with Gasteiger partial charge in [-0.3, -0.25) is 11.3 Å². The number of rotatable bonds is 3. The molecule has 0 aromatic carbocycles. The summed E-state index contributed by atoms with van der Waals surface area (Å²) in [5.41, 5.74) is 3.00. The Morgan fingerprint density at radius 1 is 1.55 bits per heavy atom. The van der Waals surface area contributed by atoms with Crippen LogP contribution in [0.2, 0.25) is 0 Å². The zero-order valence-corrected chi connectivity index (χ0v) is 7.65. The highest BCUT2D eigenvalue weighted by molar-refractivity contribution is 4.90. The lowest BCUT2D eigenvalue weighted by molar-refractivity contribution is 0.312. The highest BCUT2D eigenvalue weighted by Gasteiger charge is 2.16. The fourth-order valence-corrected chi connectivity index (χ4v) is 1.07. The average Bonchev–Trinajstić information content (AvgIpc) is 1.84. The molecule has 0 aromatic rings. The molecule has 2 heteroatoms. The molecule has 2 nitrogen and oxygen atoms in total. The van der Waals surface area contributed by atoms with Gasteiger partial charge in [-0.15, -0.1) is 12.3 Å². The van der Waals surface area contributed by atoms with E-state index in [-0.39, 0.29) is 11.5 Å². The van der Waals surface area contributed by atoms with E-state index in [1.807, 2.05) is 0 Å². The van der Waals surface area contributed by atoms with Gasteiger partial charge in [0.2, 0.25) is 0 Å². The van der Waals surface area contributed by atoms with Gasteiger partial charge in [-0.2, -0.15) is 0 Å². The first-order chi connectivity index (χ1) is 4.99. The number of nitrogens with one attached hydrogen (secondary N) is 1. The third-order valence-electron chi connectivity index (χ3n) is 1.46. The Bertz CT molecular complexity index is 139. The van der Waals surface area contributed by atoms with Gasteiger partial charge < -0.3 is 0 Å². The smallest absolute Gasteiger partial charge is 0.0324 e. The Hall–Kier alpha value is -0.520. The molecule has 0 saturated carbocycles. The van der Waals surface area contributed by atoms with E-state index in [1.54, 1.807) is 0 Å². The number of nitrogens with two attached hydrogens (primary N) is 1. The Kier molecular flexibility index (Phi) is 4.17. The van der Waals surface area contributed by atoms with Crippen LogP contribution in [0.5, 0.6) is 0 Å². The van der Waals surface area contributed by atoms with Crippen LogP contribution in [0.4, 0.5) is 0 Å². The maximum atomic E-state index is 5.32. The Balaban J connectivity index is 3.80. The number of hydrazine groups is 1. The lowest BCUT2D eigenvalue weighted by Gasteiger charge is -2.23. The molecule has 0 aliphatic rings. The molecule has 0 radical (unpaired) electrons. The maximum absolute atomic E-state index is 5.32. The third-order valence-corrected chi connectivity index (χ3v) is 1.46. The van der Waals surface area contributed by atoms with Crippen molar-refractivity contribution in [1.29, 1.82) is 0 Å². The molecule has 3 N–H and O–H groups in total. The lowest BCUT2D eigenvalue weighted by atomic mass is 9.87. The Labute approximate surface area is 69.5 Å². The minimum Gasteiger partial charge on any atom is -0.271 e. The molecule has 0 aromatic heterocycles. The number of hydrogen-bond donors (Lipinski definition) is 2. The van der Waals surface area contributed by atoms with Crippen LogP contribution >= 0.6 is 0 Å². The first-order valence-electron chi connectivity index (χ1n) is 3.89. The minimum atomic E-state index is 0.250. The molecule has 11 heavy (non-hydrogen) atoms. The van der Waals surface area contributed by atoms with Gasteiger partial charge in [0.1, 0.15) is 0 Å². The van der Waals surface area contributed by atoms with Crippen LogP contribution in [0.1, 0.15) is 33.6 Å². The van der Waals surface area contributed by atoms with E-state index in [1.165, 1.54) is 0 Å². The average molecular weight is 154 g/mol. The second-order valence-electron chi connectivity index (χ2n) is 4.04. The van der Waals surface area contributed by atoms with Gasteiger partial charge in [0, 0.05) is 12.5 Å². The summed E-state index contributed by atoms with van der Waals surface area (Å²) in [6, 6.07) is 0.250. The molecule has 64 valence electrons. The van der Waals surface area contributed by atoms with E-state index < -0.39 is 0 Å². The minimum absolute atomic E-state index is 0.250. The number of hydrogen-bond acceptors (Lipinski definition) is 2. The van der Waals surface area contributed by atoms with E-state index in [0.29, 0.717) is 6.42 Å². The van der Waals surface area contributed by atoms with E-state index in [4.69, 9.17) is 12.3 Å². The van der Waals surface area contributed by atoms with Gasteiger partial charge in [0.15, 0.2) is 0 Å². The summed E-state index contributed by atoms with van der Waals surface area (Å²) in [4.78, 5) is 0. The molecular formula is C9H18N2. The van der Waals surface area contributed by atoms with Gasteiger partial charge in [-0.25, -0.2) is 0 Å². The summed E-state index contributed by atoms with van der Waals surface area (Å²) in [5.74, 6) is 7.92. The Morgan fingerprint density at radius 3 is 2.36 bits per heavy atom. The second kappa shape index (κ2) is 4.38. The summed E-state index contributed by atoms with van der Waals surface area (Å²) >= 11 is 0. The molecule has 0 fully saturated rings. The molecular weight excluding hydrogens is 136 g/mol. The van der Waals surface area contributed by atoms with Gasteiger partial charge in [-0.1, -0.05) is 20.8 Å². The van der Waals surface area contributed by atoms with Crippen molar-refractivity contribution < 1.29 is 0 Å². The largest absolute Gasteiger partial charge is 0.271 e. The molecule has 0 aliphatic carbocycles. The highest BCUT2D eigenvalue weighted by atomic mass is 15.2. The molecule has 0 spiro atoms. The Morgan fingerprint density at radius 2 is 2.09 bits per heavy atom. The highest BCUT2D eigenvalue weighted by Crippen LogP contribution is 2.21. The summed E-state index contributed by atoms with van der Waals surface area (Å²) < 4.78 is 0. The van der Waals surface area contributed by atoms with Gasteiger partial charge in [0.25, 0.3) is 0 Å². The van der Waals surface area contributed by atoms with Crippen LogP contribution in [0.15, 0.2) is 0 Å². The van der Waals surface area contributed by atoms with Gasteiger partial charge >= 0.3 is 0 Å². The van der Waals surface area contributed by atoms with Crippen molar-refractivity contribution in [2.75, 3.05) is 0 Å². The SMILES string of the molecule is C#CCC(CC(C)(C)C)NN. The number of terminal acetylenes is 1. The van der Waals surface area contributed by atoms with Crippen LogP contribution in [0.3, 0.4) is 0 Å². The van der Waals surface area contributed by atoms with Crippen molar-refractivity contribution in [3.63, 3.8) is 0 Å². The molecule has 0 saturated heterocycles. The van der Waals surface area contributed by atoms with E-state index in [9.17, 15) is 0 Å². The molecule has 0 heterocycles. The van der Waals surface area contributed by atoms with Gasteiger partial charge in [-0.05, 0) is 11.8 Å². The molecule has 0 bridgehead atoms. The van der Waals surface area contributed by atoms with Crippen molar-refractivity contribution >= 4 is 0 Å². The predicted octanol–water partition coefficient (Wildman–Crippen LogP) is 1.28. The van der Waals surface area contributed by atoms with Crippen molar-refractivity contribution in [2.24, 2.45) is 11.3 Å². The fourth-order valence-electron chi connectivity index (χ4n) is 1.07. The van der Waals surface area contributed by atoms with E-state index in [2.05, 4.69) is 32.1 Å². The first-order valence-corrected chi connectivity index (χ1v) is 3.89. The van der Waals surface area contributed by atoms with Gasteiger partial charge in [0.05, 0.1) is 0 Å². The van der Waals surface area contributed by atoms with Crippen molar-refractivity contribution in [3.05, 3.63) is 0 Å². The molecule has 1 atom stereocenters. The molecule has 1 unspecified atom stereocenters. The van der Waals surface area contributed by atoms with E-state index >= 15 is 0 Å². The molecule has 0 amide bonds. The maximum Gasteiger partial charge on any atom is 0.0324 e.